The van der Waals surface area contributed by atoms with Gasteiger partial charge < -0.3 is 9.47 Å². The molecule has 2 unspecified atom stereocenters. The van der Waals surface area contributed by atoms with Crippen LogP contribution >= 0.6 is 15.9 Å². The quantitative estimate of drug-likeness (QED) is 0.549. The number of ether oxygens (including phenoxy) is 2. The number of rotatable bonds is 6. The van der Waals surface area contributed by atoms with Crippen molar-refractivity contribution in [1.82, 2.24) is 0 Å². The van der Waals surface area contributed by atoms with Crippen LogP contribution in [-0.2, 0) is 14.3 Å². The zero-order chi connectivity index (χ0) is 11.1. The van der Waals surface area contributed by atoms with Gasteiger partial charge in [-0.25, -0.2) is 8.78 Å². The number of esters is 1. The predicted molar refractivity (Wildman–Crippen MR) is 50.8 cm³/mol. The number of halogens is 3. The first kappa shape index (κ1) is 13.8. The summed E-state index contributed by atoms with van der Waals surface area (Å²) in [5.41, 5.74) is 0. The first-order chi connectivity index (χ1) is 6.52. The van der Waals surface area contributed by atoms with Crippen LogP contribution in [0.15, 0.2) is 0 Å². The number of methoxy groups -OCH3 is 1. The molecule has 0 bridgehead atoms. The van der Waals surface area contributed by atoms with E-state index < -0.39 is 23.3 Å². The molecule has 0 aromatic rings. The topological polar surface area (TPSA) is 35.5 Å². The highest BCUT2D eigenvalue weighted by Gasteiger charge is 2.27. The Morgan fingerprint density at radius 2 is 2.07 bits per heavy atom. The molecule has 0 fully saturated rings. The van der Waals surface area contributed by atoms with Crippen LogP contribution in [0.4, 0.5) is 8.78 Å². The van der Waals surface area contributed by atoms with Gasteiger partial charge in [0, 0.05) is 13.5 Å². The molecular weight excluding hydrogens is 262 g/mol. The summed E-state index contributed by atoms with van der Waals surface area (Å²) in [6, 6.07) is 0. The van der Waals surface area contributed by atoms with Crippen LogP contribution in [-0.4, -0.2) is 37.0 Å². The normalized spacial score (nSPS) is 15.3. The van der Waals surface area contributed by atoms with Gasteiger partial charge in [-0.3, -0.25) is 4.79 Å². The van der Waals surface area contributed by atoms with E-state index in [9.17, 15) is 13.6 Å². The smallest absolute Gasteiger partial charge is 0.319 e. The van der Waals surface area contributed by atoms with Crippen molar-refractivity contribution in [2.24, 2.45) is 0 Å². The Bertz CT molecular complexity index is 178. The third-order valence-electron chi connectivity index (χ3n) is 1.57. The van der Waals surface area contributed by atoms with E-state index in [1.54, 1.807) is 6.92 Å². The van der Waals surface area contributed by atoms with Crippen molar-refractivity contribution < 1.29 is 23.0 Å². The lowest BCUT2D eigenvalue weighted by Crippen LogP contribution is -2.28. The Labute approximate surface area is 89.9 Å². The molecule has 0 saturated carbocycles. The van der Waals surface area contributed by atoms with E-state index >= 15 is 0 Å². The molecule has 0 radical (unpaired) electrons. The minimum atomic E-state index is -2.60. The Kier molecular flexibility index (Phi) is 7.00. The molecule has 0 aliphatic heterocycles. The average molecular weight is 275 g/mol. The minimum absolute atomic E-state index is 0.104. The molecule has 0 N–H and O–H groups in total. The number of hydrogen-bond acceptors (Lipinski definition) is 3. The Balaban J connectivity index is 4.01. The first-order valence-corrected chi connectivity index (χ1v) is 5.06. The van der Waals surface area contributed by atoms with Gasteiger partial charge in [0.2, 0.25) is 0 Å². The Morgan fingerprint density at radius 3 is 2.43 bits per heavy atom. The summed E-state index contributed by atoms with van der Waals surface area (Å²) in [7, 11) is 1.18. The number of carbonyl (C=O) groups excluding carboxylic acids is 1. The van der Waals surface area contributed by atoms with Gasteiger partial charge >= 0.3 is 5.97 Å². The molecule has 3 nitrogen and oxygen atoms in total. The van der Waals surface area contributed by atoms with Crippen molar-refractivity contribution in [3.63, 3.8) is 0 Å². The fourth-order valence-electron chi connectivity index (χ4n) is 0.835. The lowest BCUT2D eigenvalue weighted by molar-refractivity contribution is -0.143. The van der Waals surface area contributed by atoms with Gasteiger partial charge in [-0.15, -0.1) is 0 Å². The second-order valence-corrected chi connectivity index (χ2v) is 3.67. The second kappa shape index (κ2) is 7.11. The summed E-state index contributed by atoms with van der Waals surface area (Å²) in [6.45, 7) is 1.88. The number of hydrogen-bond donors (Lipinski definition) is 0. The third kappa shape index (κ3) is 4.85. The maximum absolute atomic E-state index is 12.2. The summed E-state index contributed by atoms with van der Waals surface area (Å²) in [5, 5.41) is 0. The molecule has 0 rings (SSSR count). The molecule has 6 heteroatoms. The van der Waals surface area contributed by atoms with Crippen LogP contribution in [0.25, 0.3) is 0 Å². The van der Waals surface area contributed by atoms with Crippen molar-refractivity contribution in [1.29, 1.82) is 0 Å². The van der Waals surface area contributed by atoms with Gasteiger partial charge in [0.1, 0.15) is 10.9 Å². The lowest BCUT2D eigenvalue weighted by Gasteiger charge is -2.16. The van der Waals surface area contributed by atoms with E-state index in [2.05, 4.69) is 25.4 Å². The molecule has 0 aliphatic rings. The van der Waals surface area contributed by atoms with Crippen molar-refractivity contribution in [2.75, 3.05) is 13.7 Å². The molecule has 0 aromatic carbocycles. The molecule has 0 aliphatic carbocycles. The van der Waals surface area contributed by atoms with Crippen molar-refractivity contribution in [3.8, 4) is 0 Å². The van der Waals surface area contributed by atoms with Crippen molar-refractivity contribution in [2.45, 2.75) is 30.7 Å². The number of carbonyl (C=O) groups is 1. The van der Waals surface area contributed by atoms with E-state index in [-0.39, 0.29) is 13.0 Å². The van der Waals surface area contributed by atoms with E-state index in [0.29, 0.717) is 0 Å². The van der Waals surface area contributed by atoms with Crippen LogP contribution in [0.5, 0.6) is 0 Å². The molecule has 0 heterocycles. The van der Waals surface area contributed by atoms with Crippen LogP contribution < -0.4 is 0 Å². The Morgan fingerprint density at radius 1 is 1.50 bits per heavy atom. The fourth-order valence-corrected chi connectivity index (χ4v) is 1.34. The zero-order valence-electron chi connectivity index (χ0n) is 8.00. The highest BCUT2D eigenvalue weighted by Crippen LogP contribution is 2.17. The largest absolute Gasteiger partial charge is 0.465 e. The van der Waals surface area contributed by atoms with Gasteiger partial charge in [0.25, 0.3) is 6.43 Å². The maximum Gasteiger partial charge on any atom is 0.319 e. The summed E-state index contributed by atoms with van der Waals surface area (Å²) in [4.78, 5) is 10.3. The van der Waals surface area contributed by atoms with E-state index in [1.165, 1.54) is 7.11 Å². The lowest BCUT2D eigenvalue weighted by atomic mass is 10.2. The molecule has 0 amide bonds. The van der Waals surface area contributed by atoms with Crippen molar-refractivity contribution >= 4 is 21.9 Å². The monoisotopic (exact) mass is 274 g/mol. The van der Waals surface area contributed by atoms with Crippen LogP contribution in [0.1, 0.15) is 13.3 Å². The SMILES string of the molecule is CCOC(=O)C(Br)CC(OC)C(F)F. The first-order valence-electron chi connectivity index (χ1n) is 4.14. The number of alkyl halides is 3. The van der Waals surface area contributed by atoms with E-state index in [0.717, 1.165) is 0 Å². The van der Waals surface area contributed by atoms with Gasteiger partial charge in [-0.1, -0.05) is 15.9 Å². The van der Waals surface area contributed by atoms with Crippen molar-refractivity contribution in [3.05, 3.63) is 0 Å². The summed E-state index contributed by atoms with van der Waals surface area (Å²) in [5.74, 6) is -0.546. The molecule has 84 valence electrons. The summed E-state index contributed by atoms with van der Waals surface area (Å²) in [6.07, 6.45) is -3.95. The second-order valence-electron chi connectivity index (χ2n) is 2.56. The van der Waals surface area contributed by atoms with Gasteiger partial charge in [0.05, 0.1) is 6.61 Å². The van der Waals surface area contributed by atoms with Crippen LogP contribution in [0.2, 0.25) is 0 Å². The molecule has 0 saturated heterocycles. The average Bonchev–Trinajstić information content (AvgIpc) is 2.13. The minimum Gasteiger partial charge on any atom is -0.465 e. The van der Waals surface area contributed by atoms with E-state index in [1.807, 2.05) is 0 Å². The Hall–Kier alpha value is -0.230. The van der Waals surface area contributed by atoms with E-state index in [4.69, 9.17) is 0 Å². The predicted octanol–water partition coefficient (Wildman–Crippen LogP) is 1.98. The summed E-state index contributed by atoms with van der Waals surface area (Å²) < 4.78 is 33.6. The molecule has 14 heavy (non-hydrogen) atoms. The van der Waals surface area contributed by atoms with Gasteiger partial charge in [-0.2, -0.15) is 0 Å². The molecule has 0 spiro atoms. The van der Waals surface area contributed by atoms with Gasteiger partial charge in [0.15, 0.2) is 0 Å². The molecular formula is C8H13BrF2O3. The maximum atomic E-state index is 12.2. The third-order valence-corrected chi connectivity index (χ3v) is 2.31. The highest BCUT2D eigenvalue weighted by atomic mass is 79.9. The molecule has 2 atom stereocenters. The van der Waals surface area contributed by atoms with Crippen LogP contribution in [0.3, 0.4) is 0 Å². The zero-order valence-corrected chi connectivity index (χ0v) is 9.59. The standard InChI is InChI=1S/C8H13BrF2O3/c1-3-14-8(12)5(9)4-6(13-2)7(10)11/h5-7H,3-4H2,1-2H3. The highest BCUT2D eigenvalue weighted by molar-refractivity contribution is 9.10. The summed E-state index contributed by atoms with van der Waals surface area (Å²) >= 11 is 2.97. The fraction of sp³-hybridized carbons (Fsp3) is 0.875. The van der Waals surface area contributed by atoms with Crippen LogP contribution in [0, 0.1) is 0 Å². The molecule has 0 aromatic heterocycles. The van der Waals surface area contributed by atoms with Gasteiger partial charge in [-0.05, 0) is 6.92 Å².